The zero-order chi connectivity index (χ0) is 23.0. The number of anilines is 1. The number of ether oxygens (including phenoxy) is 3. The Morgan fingerprint density at radius 3 is 2.52 bits per heavy atom. The van der Waals surface area contributed by atoms with Crippen LogP contribution in [0, 0.1) is 11.7 Å². The molecule has 2 aromatic carbocycles. The Balaban J connectivity index is 1.26. The van der Waals surface area contributed by atoms with E-state index in [1.54, 1.807) is 19.2 Å². The minimum atomic E-state index is -0.241. The maximum Gasteiger partial charge on any atom is 0.261 e. The van der Waals surface area contributed by atoms with Gasteiger partial charge in [0.05, 0.1) is 13.7 Å². The van der Waals surface area contributed by atoms with Gasteiger partial charge in [0.2, 0.25) is 0 Å². The molecule has 2 aromatic rings. The molecule has 0 amide bonds. The Hall–Kier alpha value is -2.38. The highest BCUT2D eigenvalue weighted by atomic mass is 32.1. The van der Waals surface area contributed by atoms with E-state index in [-0.39, 0.29) is 11.9 Å². The molecule has 0 radical (unpaired) electrons. The summed E-state index contributed by atoms with van der Waals surface area (Å²) in [5, 5.41) is 3.65. The summed E-state index contributed by atoms with van der Waals surface area (Å²) in [6.45, 7) is 2.65. The Labute approximate surface area is 201 Å². The molecule has 33 heavy (non-hydrogen) atoms. The van der Waals surface area contributed by atoms with Crippen LogP contribution >= 0.6 is 12.2 Å². The Bertz CT molecular complexity index is 893. The summed E-state index contributed by atoms with van der Waals surface area (Å²) in [5.41, 5.74) is 0.902. The third-order valence-electron chi connectivity index (χ3n) is 6.70. The van der Waals surface area contributed by atoms with E-state index in [0.717, 1.165) is 43.1 Å². The van der Waals surface area contributed by atoms with E-state index in [9.17, 15) is 4.39 Å². The Morgan fingerprint density at radius 2 is 1.76 bits per heavy atom. The summed E-state index contributed by atoms with van der Waals surface area (Å²) in [5.74, 6) is 1.79. The van der Waals surface area contributed by atoms with Crippen molar-refractivity contribution in [2.45, 2.75) is 50.7 Å². The molecule has 178 valence electrons. The molecule has 0 spiro atoms. The van der Waals surface area contributed by atoms with E-state index >= 15 is 0 Å². The molecule has 0 aromatic heterocycles. The highest BCUT2D eigenvalue weighted by Crippen LogP contribution is 2.37. The fourth-order valence-electron chi connectivity index (χ4n) is 5.07. The number of nitrogens with zero attached hydrogens (tertiary/aromatic N) is 1. The molecule has 1 N–H and O–H groups in total. The first kappa shape index (κ1) is 23.8. The van der Waals surface area contributed by atoms with Gasteiger partial charge in [-0.3, -0.25) is 4.90 Å². The molecule has 3 atom stereocenters. The van der Waals surface area contributed by atoms with Gasteiger partial charge < -0.3 is 19.5 Å². The first-order chi connectivity index (χ1) is 16.1. The smallest absolute Gasteiger partial charge is 0.261 e. The lowest BCUT2D eigenvalue weighted by Crippen LogP contribution is -2.54. The van der Waals surface area contributed by atoms with E-state index in [0.29, 0.717) is 23.7 Å². The van der Waals surface area contributed by atoms with Crippen LogP contribution in [-0.2, 0) is 4.74 Å². The number of halogens is 1. The van der Waals surface area contributed by atoms with Gasteiger partial charge in [-0.1, -0.05) is 12.8 Å². The Kier molecular flexibility index (Phi) is 8.40. The fraction of sp³-hybridized carbons (Fsp3) is 0.500. The van der Waals surface area contributed by atoms with E-state index < -0.39 is 0 Å². The summed E-state index contributed by atoms with van der Waals surface area (Å²) >= 11 is 5.52. The lowest BCUT2D eigenvalue weighted by Gasteiger charge is -2.47. The van der Waals surface area contributed by atoms with Crippen molar-refractivity contribution in [1.82, 2.24) is 4.90 Å². The molecule has 1 saturated carbocycles. The fourth-order valence-corrected chi connectivity index (χ4v) is 5.31. The van der Waals surface area contributed by atoms with Gasteiger partial charge in [0.15, 0.2) is 0 Å². The number of methoxy groups -OCH3 is 1. The van der Waals surface area contributed by atoms with Crippen molar-refractivity contribution in [3.8, 4) is 11.5 Å². The number of benzene rings is 2. The van der Waals surface area contributed by atoms with Crippen LogP contribution in [0.5, 0.6) is 11.5 Å². The van der Waals surface area contributed by atoms with Crippen LogP contribution in [-0.4, -0.2) is 49.0 Å². The van der Waals surface area contributed by atoms with Crippen molar-refractivity contribution in [2.24, 2.45) is 5.92 Å². The second kappa shape index (κ2) is 11.7. The molecule has 1 saturated heterocycles. The molecule has 1 heterocycles. The van der Waals surface area contributed by atoms with Gasteiger partial charge in [-0.05, 0) is 86.4 Å². The lowest BCUT2D eigenvalue weighted by atomic mass is 9.76. The monoisotopic (exact) mass is 472 g/mol. The van der Waals surface area contributed by atoms with Gasteiger partial charge in [-0.15, -0.1) is 0 Å². The van der Waals surface area contributed by atoms with E-state index in [4.69, 9.17) is 26.4 Å². The van der Waals surface area contributed by atoms with Crippen molar-refractivity contribution in [3.63, 3.8) is 0 Å². The zero-order valence-corrected chi connectivity index (χ0v) is 20.0. The van der Waals surface area contributed by atoms with Crippen LogP contribution in [0.3, 0.4) is 0 Å². The average molecular weight is 473 g/mol. The van der Waals surface area contributed by atoms with Crippen LogP contribution in [0.1, 0.15) is 38.5 Å². The maximum absolute atomic E-state index is 13.0. The summed E-state index contributed by atoms with van der Waals surface area (Å²) in [6, 6.07) is 14.4. The number of rotatable bonds is 8. The number of thiocarbonyl (C=S) groups is 1. The molecule has 2 aliphatic rings. The molecule has 0 bridgehead atoms. The lowest BCUT2D eigenvalue weighted by molar-refractivity contribution is -0.0288. The molecular formula is C26H33FN2O3S. The van der Waals surface area contributed by atoms with Gasteiger partial charge >= 0.3 is 0 Å². The first-order valence-electron chi connectivity index (χ1n) is 11.9. The van der Waals surface area contributed by atoms with Crippen LogP contribution < -0.4 is 14.8 Å². The largest absolute Gasteiger partial charge is 0.497 e. The molecule has 5 nitrogen and oxygen atoms in total. The van der Waals surface area contributed by atoms with E-state index in [1.165, 1.54) is 37.8 Å². The molecule has 1 aliphatic carbocycles. The topological polar surface area (TPSA) is 43.0 Å². The van der Waals surface area contributed by atoms with Gasteiger partial charge in [0, 0.05) is 30.7 Å². The van der Waals surface area contributed by atoms with Crippen molar-refractivity contribution in [3.05, 3.63) is 54.3 Å². The highest BCUT2D eigenvalue weighted by Gasteiger charge is 2.40. The second-order valence-electron chi connectivity index (χ2n) is 8.79. The standard InChI is InChI=1S/C26H33FN2O3S/c1-30-21-13-9-20(10-14-21)28-26(33)32-25-15-17-29(24-6-3-2-5-23(24)25)16-4-18-31-22-11-7-19(27)8-12-22/h7-14,23-25H,2-6,15-18H2,1H3,(H,28,33). The molecular weight excluding hydrogens is 439 g/mol. The average Bonchev–Trinajstić information content (AvgIpc) is 2.84. The molecule has 3 unspecified atom stereocenters. The number of hydrogen-bond acceptors (Lipinski definition) is 5. The number of hydrogen-bond donors (Lipinski definition) is 1. The number of likely N-dealkylation sites (tertiary alicyclic amines) is 1. The molecule has 4 rings (SSSR count). The van der Waals surface area contributed by atoms with Crippen molar-refractivity contribution in [2.75, 3.05) is 32.1 Å². The third kappa shape index (κ3) is 6.58. The quantitative estimate of drug-likeness (QED) is 0.396. The normalized spacial score (nSPS) is 22.8. The van der Waals surface area contributed by atoms with Crippen molar-refractivity contribution >= 4 is 23.1 Å². The minimum Gasteiger partial charge on any atom is -0.497 e. The SMILES string of the molecule is COc1ccc(NC(=S)OC2CCN(CCCOc3ccc(F)cc3)C3CCCCC23)cc1. The predicted molar refractivity (Wildman–Crippen MR) is 133 cm³/mol. The second-order valence-corrected chi connectivity index (χ2v) is 9.16. The minimum absolute atomic E-state index is 0.153. The van der Waals surface area contributed by atoms with Crippen molar-refractivity contribution in [1.29, 1.82) is 0 Å². The van der Waals surface area contributed by atoms with Gasteiger partial charge in [0.1, 0.15) is 23.4 Å². The molecule has 7 heteroatoms. The van der Waals surface area contributed by atoms with Crippen molar-refractivity contribution < 1.29 is 18.6 Å². The zero-order valence-electron chi connectivity index (χ0n) is 19.2. The first-order valence-corrected chi connectivity index (χ1v) is 12.3. The van der Waals surface area contributed by atoms with E-state index in [1.807, 2.05) is 24.3 Å². The number of nitrogens with one attached hydrogen (secondary N) is 1. The molecule has 2 fully saturated rings. The van der Waals surface area contributed by atoms with E-state index in [2.05, 4.69) is 10.2 Å². The summed E-state index contributed by atoms with van der Waals surface area (Å²) in [6.07, 6.45) is 6.99. The van der Waals surface area contributed by atoms with Gasteiger partial charge in [-0.2, -0.15) is 0 Å². The Morgan fingerprint density at radius 1 is 1.03 bits per heavy atom. The summed E-state index contributed by atoms with van der Waals surface area (Å²) < 4.78 is 30.3. The number of piperidine rings is 1. The van der Waals surface area contributed by atoms with Gasteiger partial charge in [-0.25, -0.2) is 4.39 Å². The third-order valence-corrected chi connectivity index (χ3v) is 6.89. The molecule has 1 aliphatic heterocycles. The van der Waals surface area contributed by atoms with Gasteiger partial charge in [0.25, 0.3) is 5.17 Å². The predicted octanol–water partition coefficient (Wildman–Crippen LogP) is 5.65. The maximum atomic E-state index is 13.0. The highest BCUT2D eigenvalue weighted by molar-refractivity contribution is 7.80. The van der Waals surface area contributed by atoms with Crippen LogP contribution in [0.15, 0.2) is 48.5 Å². The number of fused-ring (bicyclic) bond motifs is 1. The van der Waals surface area contributed by atoms with Crippen LogP contribution in [0.25, 0.3) is 0 Å². The summed E-state index contributed by atoms with van der Waals surface area (Å²) in [4.78, 5) is 2.61. The van der Waals surface area contributed by atoms with Crippen LogP contribution in [0.2, 0.25) is 0 Å². The van der Waals surface area contributed by atoms with Crippen LogP contribution in [0.4, 0.5) is 10.1 Å². The summed E-state index contributed by atoms with van der Waals surface area (Å²) in [7, 11) is 1.65.